The predicted octanol–water partition coefficient (Wildman–Crippen LogP) is 8.48. The minimum atomic E-state index is -0.0474. The van der Waals surface area contributed by atoms with Crippen LogP contribution in [-0.4, -0.2) is 110 Å². The molecular weight excluding hydrogens is 1160 g/mol. The predicted molar refractivity (Wildman–Crippen MR) is 373 cm³/mol. The number of anilines is 9. The van der Waals surface area contributed by atoms with Gasteiger partial charge in [-0.2, -0.15) is 0 Å². The van der Waals surface area contributed by atoms with Gasteiger partial charge in [-0.1, -0.05) is 72.5 Å². The van der Waals surface area contributed by atoms with Gasteiger partial charge in [0.25, 0.3) is 0 Å². The molecule has 19 nitrogen and oxygen atoms in total. The van der Waals surface area contributed by atoms with Crippen LogP contribution in [0.5, 0.6) is 0 Å². The highest BCUT2D eigenvalue weighted by Gasteiger charge is 2.46. The summed E-state index contributed by atoms with van der Waals surface area (Å²) in [5, 5.41) is 6.38. The molecule has 0 unspecified atom stereocenters. The number of aryl methyl sites for hydroxylation is 3. The molecule has 0 amide bonds. The standard InChI is InChI=1S/2C24H22BN5O.C23H21BN6O/c1-16-11-12-19-20-14-25(28(3)15-22(20)31-24(19)27-16)30-17(2)29(18-8-5-4-6-9-18)23-21(30)10-7-13-26-23;1-16-11-12-19-20-14-25(28(3)15-22(20)31-24(19)27-16)30-17(2)29(18-8-5-4-6-9-18)21-10-7-13-26-23(21)30;1-15-9-10-18-19-13-24(28(3)14-20(19)31-23(18)27-15)30-16(2)29(17-7-5-4-6-8-17)21-22(30)26-12-11-25-21/h2*4-15,17H,1-3H3;4-14,16H,1-3H3/t2*17-;16-/m000/s1. The first kappa shape index (κ1) is 56.9. The third kappa shape index (κ3) is 9.56. The molecular formula is C71H65B3N16O3. The summed E-state index contributed by atoms with van der Waals surface area (Å²) in [7, 11) is 6.23. The minimum absolute atomic E-state index is 0.00744. The highest BCUT2D eigenvalue weighted by atomic mass is 16.3. The summed E-state index contributed by atoms with van der Waals surface area (Å²) < 4.78 is 18.2. The second kappa shape index (κ2) is 22.6. The number of furan rings is 3. The van der Waals surface area contributed by atoms with Gasteiger partial charge in [-0.3, -0.25) is 0 Å². The zero-order chi connectivity index (χ0) is 63.3. The molecule has 0 saturated carbocycles. The van der Waals surface area contributed by atoms with Gasteiger partial charge in [0, 0.05) is 109 Å². The van der Waals surface area contributed by atoms with Crippen LogP contribution in [-0.2, 0) is 0 Å². The van der Waals surface area contributed by atoms with Crippen LogP contribution in [0.2, 0.25) is 0 Å². The van der Waals surface area contributed by atoms with Crippen molar-refractivity contribution in [3.63, 3.8) is 0 Å². The second-order valence-electron chi connectivity index (χ2n) is 24.3. The molecule has 3 aromatic carbocycles. The van der Waals surface area contributed by atoms with Crippen molar-refractivity contribution in [3.8, 4) is 0 Å². The Morgan fingerprint density at radius 3 is 1.16 bits per heavy atom. The molecule has 6 aliphatic rings. The number of aromatic nitrogens is 7. The molecule has 3 atom stereocenters. The summed E-state index contributed by atoms with van der Waals surface area (Å²) in [5.41, 5.74) is 13.0. The van der Waals surface area contributed by atoms with Gasteiger partial charge in [-0.05, 0) is 160 Å². The van der Waals surface area contributed by atoms with Crippen molar-refractivity contribution in [2.45, 2.75) is 60.0 Å². The Labute approximate surface area is 538 Å². The van der Waals surface area contributed by atoms with Gasteiger partial charge in [-0.25, -0.2) is 34.9 Å². The summed E-state index contributed by atoms with van der Waals surface area (Å²) in [6.07, 6.45) is 13.6. The minimum Gasteiger partial charge on any atom is -0.436 e. The maximum atomic E-state index is 6.06. The van der Waals surface area contributed by atoms with Crippen molar-refractivity contribution < 1.29 is 13.3 Å². The summed E-state index contributed by atoms with van der Waals surface area (Å²) in [5.74, 6) is 10.5. The van der Waals surface area contributed by atoms with Crippen molar-refractivity contribution in [2.75, 3.05) is 50.3 Å². The fourth-order valence-electron chi connectivity index (χ4n) is 14.1. The zero-order valence-corrected chi connectivity index (χ0v) is 53.1. The third-order valence-corrected chi connectivity index (χ3v) is 18.4. The Morgan fingerprint density at radius 2 is 0.699 bits per heavy atom. The molecule has 18 rings (SSSR count). The Morgan fingerprint density at radius 1 is 0.344 bits per heavy atom. The van der Waals surface area contributed by atoms with E-state index in [1.54, 1.807) is 12.4 Å². The zero-order valence-electron chi connectivity index (χ0n) is 53.1. The van der Waals surface area contributed by atoms with Crippen molar-refractivity contribution in [2.24, 2.45) is 0 Å². The number of fused-ring (bicyclic) bond motifs is 12. The first-order valence-corrected chi connectivity index (χ1v) is 31.4. The molecule has 6 aliphatic heterocycles. The van der Waals surface area contributed by atoms with Crippen LogP contribution in [0.4, 0.5) is 51.7 Å². The number of benzene rings is 3. The second-order valence-corrected chi connectivity index (χ2v) is 24.3. The van der Waals surface area contributed by atoms with E-state index in [-0.39, 0.29) is 39.4 Å². The van der Waals surface area contributed by atoms with E-state index >= 15 is 0 Å². The number of pyridine rings is 5. The molecule has 0 spiro atoms. The first-order chi connectivity index (χ1) is 45.3. The highest BCUT2D eigenvalue weighted by molar-refractivity contribution is 6.77. The molecule has 0 radical (unpaired) electrons. The van der Waals surface area contributed by atoms with Gasteiger partial charge in [0.2, 0.25) is 17.1 Å². The van der Waals surface area contributed by atoms with Crippen molar-refractivity contribution in [1.82, 2.24) is 49.3 Å². The smallest absolute Gasteiger partial charge is 0.406 e. The van der Waals surface area contributed by atoms with E-state index in [0.717, 1.165) is 117 Å². The summed E-state index contributed by atoms with van der Waals surface area (Å²) >= 11 is 0. The molecule has 15 heterocycles. The summed E-state index contributed by atoms with van der Waals surface area (Å²) in [6.45, 7) is 12.5. The first-order valence-electron chi connectivity index (χ1n) is 31.4. The van der Waals surface area contributed by atoms with Crippen molar-refractivity contribution >= 4 is 142 Å². The van der Waals surface area contributed by atoms with Gasteiger partial charge in [0.15, 0.2) is 33.7 Å². The van der Waals surface area contributed by atoms with Crippen LogP contribution in [0, 0.1) is 20.8 Å². The molecule has 22 heteroatoms. The molecule has 0 saturated heterocycles. The molecule has 12 aromatic rings. The fraction of sp³-hybridized carbons (Fsp3) is 0.169. The maximum absolute atomic E-state index is 6.06. The van der Waals surface area contributed by atoms with E-state index in [1.807, 2.05) is 100 Å². The van der Waals surface area contributed by atoms with E-state index in [9.17, 15) is 0 Å². The van der Waals surface area contributed by atoms with Gasteiger partial charge >= 0.3 is 20.9 Å². The van der Waals surface area contributed by atoms with E-state index < -0.39 is 0 Å². The topological polar surface area (TPSA) is 159 Å². The molecule has 9 aromatic heterocycles. The normalized spacial score (nSPS) is 17.5. The van der Waals surface area contributed by atoms with E-state index in [2.05, 4.69) is 227 Å². The summed E-state index contributed by atoms with van der Waals surface area (Å²) in [6, 6.07) is 52.0. The quantitative estimate of drug-likeness (QED) is 0.146. The van der Waals surface area contributed by atoms with Crippen molar-refractivity contribution in [3.05, 3.63) is 225 Å². The van der Waals surface area contributed by atoms with Crippen LogP contribution in [0.15, 0.2) is 190 Å². The number of hydrogen-bond acceptors (Lipinski definition) is 19. The van der Waals surface area contributed by atoms with Crippen LogP contribution < -0.4 is 61.0 Å². The average Bonchev–Trinajstić information content (AvgIpc) is 1.61. The highest BCUT2D eigenvalue weighted by Crippen LogP contribution is 2.46. The number of hydrogen-bond donors (Lipinski definition) is 0. The molecule has 456 valence electrons. The lowest BCUT2D eigenvalue weighted by Crippen LogP contribution is -2.56. The van der Waals surface area contributed by atoms with E-state index in [1.165, 1.54) is 0 Å². The Bertz CT molecular complexity index is 4770. The Balaban J connectivity index is 0.000000111. The largest absolute Gasteiger partial charge is 0.436 e. The molecule has 0 aliphatic carbocycles. The average molecular weight is 1220 g/mol. The molecule has 0 fully saturated rings. The van der Waals surface area contributed by atoms with Crippen LogP contribution >= 0.6 is 0 Å². The maximum Gasteiger partial charge on any atom is 0.406 e. The van der Waals surface area contributed by atoms with E-state index in [4.69, 9.17) is 28.2 Å². The molecule has 0 bridgehead atoms. The van der Waals surface area contributed by atoms with Crippen molar-refractivity contribution in [1.29, 1.82) is 0 Å². The van der Waals surface area contributed by atoms with Gasteiger partial charge < -0.3 is 56.8 Å². The fourth-order valence-corrected chi connectivity index (χ4v) is 14.1. The Hall–Kier alpha value is -11.3. The van der Waals surface area contributed by atoms with E-state index in [0.29, 0.717) is 17.1 Å². The lowest BCUT2D eigenvalue weighted by Gasteiger charge is -2.36. The van der Waals surface area contributed by atoms with Gasteiger partial charge in [-0.15, -0.1) is 0 Å². The summed E-state index contributed by atoms with van der Waals surface area (Å²) in [4.78, 5) is 53.1. The molecule has 0 N–H and O–H groups in total. The SMILES string of the molecule is Cc1ccc2c3c(oc2n1)=CN(C)B(N1c2cccnc2N(c2ccccc2)[C@@H]1C)C=3.Cc1ccc2c3c(oc2n1)=CN(C)B(N1c2ncccc2N(c2ccccc2)[C@@H]1C)C=3.Cc1ccc2c3c(oc2n1)=CN(C)B(N1c2nccnc2N(c2ccccc2)[C@@H]1C)C=3. The monoisotopic (exact) mass is 1220 g/mol. The lowest BCUT2D eigenvalue weighted by molar-refractivity contribution is 0.550. The third-order valence-electron chi connectivity index (χ3n) is 18.4. The van der Waals surface area contributed by atoms with Crippen LogP contribution in [0.1, 0.15) is 37.9 Å². The number of nitrogens with zero attached hydrogens (tertiary/aromatic N) is 16. The lowest BCUT2D eigenvalue weighted by atomic mass is 9.69. The number of para-hydroxylation sites is 3. The van der Waals surface area contributed by atoms with Gasteiger partial charge in [0.1, 0.15) is 5.82 Å². The van der Waals surface area contributed by atoms with Gasteiger partial charge in [0.05, 0.1) is 29.9 Å². The van der Waals surface area contributed by atoms with Crippen LogP contribution in [0.25, 0.3) is 69.8 Å². The van der Waals surface area contributed by atoms with Crippen LogP contribution in [0.3, 0.4) is 0 Å². The Kier molecular flexibility index (Phi) is 13.8. The number of rotatable bonds is 6. The molecule has 93 heavy (non-hydrogen) atoms.